The van der Waals surface area contributed by atoms with Crippen LogP contribution in [0, 0.1) is 0 Å². The molecular weight excluding hydrogens is 362 g/mol. The predicted octanol–water partition coefficient (Wildman–Crippen LogP) is 2.22. The van der Waals surface area contributed by atoms with Crippen molar-refractivity contribution in [2.45, 2.75) is 18.9 Å². The Bertz CT molecular complexity index is 946. The summed E-state index contributed by atoms with van der Waals surface area (Å²) in [5, 5.41) is 3.93. The van der Waals surface area contributed by atoms with Crippen molar-refractivity contribution in [3.05, 3.63) is 48.7 Å². The third-order valence-electron chi connectivity index (χ3n) is 4.45. The van der Waals surface area contributed by atoms with Crippen LogP contribution in [0.5, 0.6) is 11.8 Å². The lowest BCUT2D eigenvalue weighted by Gasteiger charge is -2.32. The van der Waals surface area contributed by atoms with Crippen molar-refractivity contribution in [3.8, 4) is 23.1 Å². The number of nitrogens with zero attached hydrogens (tertiary/aromatic N) is 5. The van der Waals surface area contributed by atoms with Crippen LogP contribution in [0.3, 0.4) is 0 Å². The smallest absolute Gasteiger partial charge is 0.278 e. The van der Waals surface area contributed by atoms with E-state index in [1.807, 2.05) is 6.07 Å². The highest BCUT2D eigenvalue weighted by atomic mass is 16.5. The maximum Gasteiger partial charge on any atom is 0.278 e. The fourth-order valence-corrected chi connectivity index (χ4v) is 3.09. The number of piperidine rings is 1. The Morgan fingerprint density at radius 3 is 2.89 bits per heavy atom. The number of likely N-dealkylation sites (tertiary alicyclic amines) is 1. The number of rotatable bonds is 5. The van der Waals surface area contributed by atoms with Crippen LogP contribution in [-0.2, 0) is 0 Å². The first kappa shape index (κ1) is 17.9. The Morgan fingerprint density at radius 1 is 1.25 bits per heavy atom. The Hall–Kier alpha value is -3.49. The zero-order valence-corrected chi connectivity index (χ0v) is 15.3. The van der Waals surface area contributed by atoms with Crippen LogP contribution >= 0.6 is 0 Å². The standard InChI is InChI=1S/C19H19N5O4/c1-26-17-18(22-8-7-21-17)27-14-5-3-9-24(12-14)19(25)15-10-16(28-23-15)13-4-2-6-20-11-13/h2,4,6-8,10-11,14H,3,5,9,12H2,1H3. The molecule has 4 heterocycles. The lowest BCUT2D eigenvalue weighted by molar-refractivity contribution is 0.0510. The van der Waals surface area contributed by atoms with Gasteiger partial charge in [-0.15, -0.1) is 0 Å². The lowest BCUT2D eigenvalue weighted by atomic mass is 10.1. The first-order chi connectivity index (χ1) is 13.7. The number of carbonyl (C=O) groups excluding carboxylic acids is 1. The normalized spacial score (nSPS) is 16.6. The molecule has 0 aliphatic carbocycles. The maximum atomic E-state index is 12.8. The zero-order chi connectivity index (χ0) is 19.3. The molecule has 0 bridgehead atoms. The van der Waals surface area contributed by atoms with E-state index in [4.69, 9.17) is 14.0 Å². The number of pyridine rings is 1. The van der Waals surface area contributed by atoms with Crippen molar-refractivity contribution in [2.24, 2.45) is 0 Å². The van der Waals surface area contributed by atoms with E-state index in [1.165, 1.54) is 13.3 Å². The van der Waals surface area contributed by atoms with Crippen LogP contribution in [0.15, 0.2) is 47.5 Å². The van der Waals surface area contributed by atoms with Crippen LogP contribution in [-0.4, -0.2) is 57.2 Å². The quantitative estimate of drug-likeness (QED) is 0.663. The molecule has 0 spiro atoms. The summed E-state index contributed by atoms with van der Waals surface area (Å²) in [5.74, 6) is 0.956. The van der Waals surface area contributed by atoms with Crippen molar-refractivity contribution in [2.75, 3.05) is 20.2 Å². The van der Waals surface area contributed by atoms with Gasteiger partial charge in [-0.2, -0.15) is 0 Å². The second kappa shape index (κ2) is 8.03. The van der Waals surface area contributed by atoms with Crippen molar-refractivity contribution < 1.29 is 18.8 Å². The first-order valence-corrected chi connectivity index (χ1v) is 8.92. The van der Waals surface area contributed by atoms with Gasteiger partial charge in [0.15, 0.2) is 11.5 Å². The molecule has 3 aromatic rings. The summed E-state index contributed by atoms with van der Waals surface area (Å²) in [4.78, 5) is 26.8. The van der Waals surface area contributed by atoms with Gasteiger partial charge in [-0.05, 0) is 25.0 Å². The number of methoxy groups -OCH3 is 1. The lowest BCUT2D eigenvalue weighted by Crippen LogP contribution is -2.44. The van der Waals surface area contributed by atoms with Gasteiger partial charge in [0.25, 0.3) is 17.7 Å². The van der Waals surface area contributed by atoms with Crippen molar-refractivity contribution >= 4 is 5.91 Å². The van der Waals surface area contributed by atoms with Gasteiger partial charge >= 0.3 is 0 Å². The van der Waals surface area contributed by atoms with Crippen molar-refractivity contribution in [1.82, 2.24) is 25.0 Å². The van der Waals surface area contributed by atoms with E-state index in [9.17, 15) is 4.79 Å². The van der Waals surface area contributed by atoms with Gasteiger partial charge in [0.1, 0.15) is 6.10 Å². The van der Waals surface area contributed by atoms with Gasteiger partial charge in [0, 0.05) is 43.0 Å². The van der Waals surface area contributed by atoms with Crippen molar-refractivity contribution in [1.29, 1.82) is 0 Å². The predicted molar refractivity (Wildman–Crippen MR) is 97.9 cm³/mol. The van der Waals surface area contributed by atoms with Gasteiger partial charge in [0.05, 0.1) is 13.7 Å². The molecule has 1 aliphatic rings. The number of hydrogen-bond acceptors (Lipinski definition) is 8. The Morgan fingerprint density at radius 2 is 2.11 bits per heavy atom. The molecule has 1 fully saturated rings. The molecule has 1 saturated heterocycles. The second-order valence-corrected chi connectivity index (χ2v) is 6.32. The molecule has 4 rings (SSSR count). The Balaban J connectivity index is 1.44. The Labute approximate surface area is 161 Å². The minimum Gasteiger partial charge on any atom is -0.477 e. The summed E-state index contributed by atoms with van der Waals surface area (Å²) in [6, 6.07) is 5.28. The average Bonchev–Trinajstić information content (AvgIpc) is 3.25. The molecule has 0 saturated carbocycles. The van der Waals surface area contributed by atoms with Gasteiger partial charge in [0.2, 0.25) is 0 Å². The van der Waals surface area contributed by atoms with E-state index < -0.39 is 0 Å². The third kappa shape index (κ3) is 3.78. The molecule has 0 radical (unpaired) electrons. The molecule has 1 unspecified atom stereocenters. The van der Waals surface area contributed by atoms with E-state index in [1.54, 1.807) is 35.6 Å². The van der Waals surface area contributed by atoms with Crippen LogP contribution in [0.2, 0.25) is 0 Å². The molecule has 3 aromatic heterocycles. The average molecular weight is 381 g/mol. The van der Waals surface area contributed by atoms with E-state index >= 15 is 0 Å². The van der Waals surface area contributed by atoms with E-state index in [2.05, 4.69) is 20.1 Å². The summed E-state index contributed by atoms with van der Waals surface area (Å²) >= 11 is 0. The minimum absolute atomic E-state index is 0.196. The molecule has 9 heteroatoms. The number of amides is 1. The summed E-state index contributed by atoms with van der Waals surface area (Å²) in [7, 11) is 1.51. The SMILES string of the molecule is COc1nccnc1OC1CCCN(C(=O)c2cc(-c3cccnc3)on2)C1. The maximum absolute atomic E-state index is 12.8. The number of ether oxygens (including phenoxy) is 2. The first-order valence-electron chi connectivity index (χ1n) is 8.92. The Kier molecular flexibility index (Phi) is 5.14. The molecule has 0 aromatic carbocycles. The summed E-state index contributed by atoms with van der Waals surface area (Å²) in [6.45, 7) is 1.05. The number of hydrogen-bond donors (Lipinski definition) is 0. The van der Waals surface area contributed by atoms with E-state index in [0.29, 0.717) is 30.6 Å². The van der Waals surface area contributed by atoms with Gasteiger partial charge in [-0.25, -0.2) is 9.97 Å². The van der Waals surface area contributed by atoms with Crippen LogP contribution in [0.4, 0.5) is 0 Å². The van der Waals surface area contributed by atoms with Crippen LogP contribution in [0.1, 0.15) is 23.3 Å². The zero-order valence-electron chi connectivity index (χ0n) is 15.3. The molecule has 0 N–H and O–H groups in total. The van der Waals surface area contributed by atoms with E-state index in [0.717, 1.165) is 18.4 Å². The fraction of sp³-hybridized carbons (Fsp3) is 0.316. The number of aromatic nitrogens is 4. The van der Waals surface area contributed by atoms with Gasteiger partial charge in [-0.1, -0.05) is 5.16 Å². The highest BCUT2D eigenvalue weighted by molar-refractivity contribution is 5.93. The second-order valence-electron chi connectivity index (χ2n) is 6.32. The fourth-order valence-electron chi connectivity index (χ4n) is 3.09. The molecule has 9 nitrogen and oxygen atoms in total. The third-order valence-corrected chi connectivity index (χ3v) is 4.45. The molecule has 144 valence electrons. The largest absolute Gasteiger partial charge is 0.477 e. The molecule has 28 heavy (non-hydrogen) atoms. The number of carbonyl (C=O) groups is 1. The highest BCUT2D eigenvalue weighted by Crippen LogP contribution is 2.25. The molecule has 1 amide bonds. The minimum atomic E-state index is -0.201. The van der Waals surface area contributed by atoms with Crippen LogP contribution < -0.4 is 9.47 Å². The topological polar surface area (TPSA) is 103 Å². The highest BCUT2D eigenvalue weighted by Gasteiger charge is 2.28. The monoisotopic (exact) mass is 381 g/mol. The summed E-state index contributed by atoms with van der Waals surface area (Å²) in [5.41, 5.74) is 1.03. The van der Waals surface area contributed by atoms with Gasteiger partial charge < -0.3 is 18.9 Å². The summed E-state index contributed by atoms with van der Waals surface area (Å²) in [6.07, 6.45) is 7.83. The summed E-state index contributed by atoms with van der Waals surface area (Å²) < 4.78 is 16.4. The molecule has 1 atom stereocenters. The molecule has 1 aliphatic heterocycles. The van der Waals surface area contributed by atoms with Crippen LogP contribution in [0.25, 0.3) is 11.3 Å². The molecular formula is C19H19N5O4. The van der Waals surface area contributed by atoms with Gasteiger partial charge in [-0.3, -0.25) is 9.78 Å². The van der Waals surface area contributed by atoms with Crippen molar-refractivity contribution in [3.63, 3.8) is 0 Å². The van der Waals surface area contributed by atoms with E-state index in [-0.39, 0.29) is 17.7 Å².